The summed E-state index contributed by atoms with van der Waals surface area (Å²) < 4.78 is 23.3. The van der Waals surface area contributed by atoms with E-state index in [0.717, 1.165) is 46.8 Å². The van der Waals surface area contributed by atoms with Crippen LogP contribution >= 0.6 is 0 Å². The maximum atomic E-state index is 13.2. The molecule has 0 atom stereocenters. The van der Waals surface area contributed by atoms with Gasteiger partial charge < -0.3 is 18.9 Å². The summed E-state index contributed by atoms with van der Waals surface area (Å²) in [6.07, 6.45) is 46.6. The summed E-state index contributed by atoms with van der Waals surface area (Å²) in [5, 5.41) is 10.1. The van der Waals surface area contributed by atoms with Crippen LogP contribution in [0.5, 0.6) is 23.0 Å². The third-order valence-electron chi connectivity index (χ3n) is 14.7. The van der Waals surface area contributed by atoms with Crippen molar-refractivity contribution >= 4 is 35.7 Å². The highest BCUT2D eigenvalue weighted by Crippen LogP contribution is 2.30. The lowest BCUT2D eigenvalue weighted by molar-refractivity contribution is 0.0731. The zero-order chi connectivity index (χ0) is 56.3. The highest BCUT2D eigenvalue weighted by atomic mass is 16.5. The van der Waals surface area contributed by atoms with Crippen LogP contribution in [0.2, 0.25) is 0 Å². The summed E-state index contributed by atoms with van der Waals surface area (Å²) in [5.41, 5.74) is 3.65. The average molecular weight is 1090 g/mol. The first-order valence-corrected chi connectivity index (χ1v) is 31.2. The van der Waals surface area contributed by atoms with Gasteiger partial charge in [-0.2, -0.15) is 5.26 Å². The van der Waals surface area contributed by atoms with Crippen LogP contribution in [0.15, 0.2) is 125 Å². The lowest BCUT2D eigenvalue weighted by atomic mass is 10.0. The van der Waals surface area contributed by atoms with Crippen LogP contribution in [0.4, 0.5) is 11.4 Å². The molecule has 0 aliphatic rings. The molecule has 0 N–H and O–H groups in total. The fourth-order valence-electron chi connectivity index (χ4n) is 9.75. The Hall–Kier alpha value is -6.53. The van der Waals surface area contributed by atoms with Crippen LogP contribution in [0.3, 0.4) is 0 Å². The van der Waals surface area contributed by atoms with Crippen LogP contribution in [0.1, 0.15) is 257 Å². The molecule has 0 saturated heterocycles. The molecule has 0 heterocycles. The van der Waals surface area contributed by atoms with Crippen LogP contribution in [0.25, 0.3) is 0 Å². The predicted octanol–water partition coefficient (Wildman–Crippen LogP) is 20.8. The maximum absolute atomic E-state index is 13.2. The number of esters is 2. The zero-order valence-electron chi connectivity index (χ0n) is 49.0. The molecular formula is C71H95N3O6. The molecule has 0 radical (unpaired) electrons. The summed E-state index contributed by atoms with van der Waals surface area (Å²) in [5.74, 6) is 0.306. The third kappa shape index (κ3) is 27.6. The number of hydrogen-bond acceptors (Lipinski definition) is 9. The van der Waals surface area contributed by atoms with Gasteiger partial charge in [-0.1, -0.05) is 237 Å². The Bertz CT molecular complexity index is 2360. The topological polar surface area (TPSA) is 120 Å². The summed E-state index contributed by atoms with van der Waals surface area (Å²) in [6.45, 7) is 5.99. The fraction of sp³-hybridized carbons (Fsp3) is 0.507. The minimum absolute atomic E-state index is 0.0209. The number of aliphatic imine (C=N–C) groups is 2. The predicted molar refractivity (Wildman–Crippen MR) is 331 cm³/mol. The van der Waals surface area contributed by atoms with Gasteiger partial charge in [0.05, 0.1) is 35.7 Å². The molecule has 430 valence electrons. The Morgan fingerprint density at radius 1 is 0.388 bits per heavy atom. The second-order valence-corrected chi connectivity index (χ2v) is 21.6. The van der Waals surface area contributed by atoms with Crippen LogP contribution < -0.4 is 18.9 Å². The van der Waals surface area contributed by atoms with Crippen LogP contribution in [0, 0.1) is 11.3 Å². The first-order chi connectivity index (χ1) is 39.4. The molecule has 9 nitrogen and oxygen atoms in total. The smallest absolute Gasteiger partial charge is 0.343 e. The number of nitrogens with zero attached hydrogens (tertiary/aromatic N) is 3. The first kappa shape index (κ1) is 64.3. The van der Waals surface area contributed by atoms with E-state index in [-0.39, 0.29) is 28.2 Å². The van der Waals surface area contributed by atoms with Gasteiger partial charge in [0.2, 0.25) is 0 Å². The van der Waals surface area contributed by atoms with Gasteiger partial charge in [0.25, 0.3) is 0 Å². The van der Waals surface area contributed by atoms with Crippen molar-refractivity contribution in [1.82, 2.24) is 0 Å². The minimum Gasteiger partial charge on any atom is -0.494 e. The summed E-state index contributed by atoms with van der Waals surface area (Å²) in [7, 11) is 0. The molecule has 5 aromatic carbocycles. The molecule has 0 bridgehead atoms. The van der Waals surface area contributed by atoms with Crippen molar-refractivity contribution in [3.8, 4) is 29.1 Å². The minimum atomic E-state index is -0.661. The molecule has 0 aliphatic heterocycles. The Labute approximate surface area is 482 Å². The van der Waals surface area contributed by atoms with Crippen LogP contribution in [-0.2, 0) is 0 Å². The maximum Gasteiger partial charge on any atom is 0.343 e. The van der Waals surface area contributed by atoms with Crippen molar-refractivity contribution in [2.45, 2.75) is 219 Å². The number of carbonyl (C=O) groups excluding carboxylic acids is 2. The summed E-state index contributed by atoms with van der Waals surface area (Å²) >= 11 is 0. The van der Waals surface area contributed by atoms with Gasteiger partial charge in [0, 0.05) is 12.4 Å². The molecule has 80 heavy (non-hydrogen) atoms. The Balaban J connectivity index is 0.929. The second-order valence-electron chi connectivity index (χ2n) is 21.6. The molecule has 5 aromatic rings. The van der Waals surface area contributed by atoms with E-state index in [1.54, 1.807) is 67.0 Å². The van der Waals surface area contributed by atoms with E-state index in [9.17, 15) is 14.9 Å². The van der Waals surface area contributed by atoms with Crippen molar-refractivity contribution in [1.29, 1.82) is 5.26 Å². The van der Waals surface area contributed by atoms with Gasteiger partial charge in [0.1, 0.15) is 23.1 Å². The Morgan fingerprint density at radius 3 is 0.963 bits per heavy atom. The lowest BCUT2D eigenvalue weighted by Crippen LogP contribution is -2.12. The van der Waals surface area contributed by atoms with E-state index in [4.69, 9.17) is 18.9 Å². The van der Waals surface area contributed by atoms with Crippen molar-refractivity contribution in [2.75, 3.05) is 13.2 Å². The molecular weight excluding hydrogens is 991 g/mol. The molecule has 0 amide bonds. The first-order valence-electron chi connectivity index (χ1n) is 31.2. The van der Waals surface area contributed by atoms with E-state index < -0.39 is 11.9 Å². The molecule has 0 unspecified atom stereocenters. The monoisotopic (exact) mass is 1090 g/mol. The summed E-state index contributed by atoms with van der Waals surface area (Å²) in [6, 6.07) is 35.7. The Morgan fingerprint density at radius 2 is 0.675 bits per heavy atom. The molecule has 9 heteroatoms. The molecule has 0 spiro atoms. The normalized spacial score (nSPS) is 11.3. The highest BCUT2D eigenvalue weighted by Gasteiger charge is 2.19. The van der Waals surface area contributed by atoms with Gasteiger partial charge in [-0.25, -0.2) is 9.59 Å². The van der Waals surface area contributed by atoms with Gasteiger partial charge in [-0.3, -0.25) is 9.98 Å². The number of rotatable bonds is 44. The third-order valence-corrected chi connectivity index (χ3v) is 14.7. The SMILES string of the molecule is CCCCCCCCCCCCCCCCCCOc1ccc(N=Cc2ccc(C(=O)Oc3cccc(OC(=O)c4ccc(C=Nc5ccc(OCCCCCCCCCCCCCCCCCC)cc5)cc4)c3C#N)cc2)cc1. The molecule has 0 aliphatic carbocycles. The van der Waals surface area contributed by atoms with E-state index in [1.807, 2.05) is 54.6 Å². The molecule has 0 fully saturated rings. The molecule has 0 aromatic heterocycles. The largest absolute Gasteiger partial charge is 0.494 e. The van der Waals surface area contributed by atoms with E-state index >= 15 is 0 Å². The standard InChI is InChI=1S/C71H95N3O6/c1-3-5-7-9-11-13-15-17-19-21-23-25-27-29-31-33-54-77-65-50-46-63(47-51-65)73-57-59-38-42-61(43-39-59)70(75)79-68-36-35-37-69(67(68)56-72)80-71(76)62-44-40-60(41-45-62)58-74-64-48-52-66(53-49-64)78-55-34-32-30-28-26-24-22-20-18-16-14-12-10-8-6-4-2/h35-53,57-58H,3-34,54-55H2,1-2H3. The molecule has 0 saturated carbocycles. The number of nitriles is 1. The van der Waals surface area contributed by atoms with Crippen molar-refractivity contribution < 1.29 is 28.5 Å². The second kappa shape index (κ2) is 41.5. The summed E-state index contributed by atoms with van der Waals surface area (Å²) in [4.78, 5) is 35.6. The highest BCUT2D eigenvalue weighted by molar-refractivity contribution is 5.94. The van der Waals surface area contributed by atoms with Crippen LogP contribution in [-0.4, -0.2) is 37.6 Å². The van der Waals surface area contributed by atoms with Gasteiger partial charge in [-0.05, 0) is 109 Å². The van der Waals surface area contributed by atoms with Crippen molar-refractivity contribution in [2.24, 2.45) is 9.98 Å². The van der Waals surface area contributed by atoms with Crippen molar-refractivity contribution in [3.05, 3.63) is 143 Å². The number of carbonyl (C=O) groups is 2. The number of ether oxygens (including phenoxy) is 4. The average Bonchev–Trinajstić information content (AvgIpc) is 3.48. The Kier molecular flexibility index (Phi) is 33.3. The lowest BCUT2D eigenvalue weighted by Gasteiger charge is -2.10. The number of unbranched alkanes of at least 4 members (excludes halogenated alkanes) is 30. The van der Waals surface area contributed by atoms with Crippen molar-refractivity contribution in [3.63, 3.8) is 0 Å². The van der Waals surface area contributed by atoms with Gasteiger partial charge >= 0.3 is 11.9 Å². The van der Waals surface area contributed by atoms with E-state index in [2.05, 4.69) is 23.8 Å². The fourth-order valence-corrected chi connectivity index (χ4v) is 9.75. The van der Waals surface area contributed by atoms with E-state index in [0.29, 0.717) is 13.2 Å². The van der Waals surface area contributed by atoms with E-state index in [1.165, 1.54) is 205 Å². The number of benzene rings is 5. The quantitative estimate of drug-likeness (QED) is 0.0165. The van der Waals surface area contributed by atoms with Gasteiger partial charge in [-0.15, -0.1) is 0 Å². The molecule has 5 rings (SSSR count). The number of hydrogen-bond donors (Lipinski definition) is 0. The van der Waals surface area contributed by atoms with Gasteiger partial charge in [0.15, 0.2) is 11.5 Å². The zero-order valence-corrected chi connectivity index (χ0v) is 49.0.